The molecule has 2 aromatic carbocycles. The van der Waals surface area contributed by atoms with Gasteiger partial charge >= 0.3 is 5.63 Å². The Morgan fingerprint density at radius 2 is 2.04 bits per heavy atom. The van der Waals surface area contributed by atoms with E-state index in [-0.39, 0.29) is 5.75 Å². The molecule has 0 spiro atoms. The standard InChI is InChI=1S/C19H11Br2N3O3S/c20-12-5-11-6-13(18(26)27-17(11)14(21)7-12)15-9-28-19(23-15)24-22-8-10-3-1-2-4-16(10)25/h1-9,25H,(H,23,24). The van der Waals surface area contributed by atoms with Crippen molar-refractivity contribution >= 4 is 65.5 Å². The van der Waals surface area contributed by atoms with Crippen LogP contribution in [-0.2, 0) is 0 Å². The fraction of sp³-hybridized carbons (Fsp3) is 0. The smallest absolute Gasteiger partial charge is 0.345 e. The Morgan fingerprint density at radius 3 is 2.86 bits per heavy atom. The van der Waals surface area contributed by atoms with Gasteiger partial charge in [-0.05, 0) is 46.3 Å². The van der Waals surface area contributed by atoms with Gasteiger partial charge in [0.2, 0.25) is 5.13 Å². The molecule has 0 radical (unpaired) electrons. The van der Waals surface area contributed by atoms with Crippen LogP contribution in [0.5, 0.6) is 5.75 Å². The van der Waals surface area contributed by atoms with E-state index in [1.807, 2.05) is 12.1 Å². The van der Waals surface area contributed by atoms with Crippen molar-refractivity contribution in [1.29, 1.82) is 0 Å². The lowest BCUT2D eigenvalue weighted by Gasteiger charge is -2.03. The molecule has 0 aliphatic rings. The van der Waals surface area contributed by atoms with Crippen molar-refractivity contribution in [3.8, 4) is 17.0 Å². The van der Waals surface area contributed by atoms with Crippen LogP contribution in [0.1, 0.15) is 5.56 Å². The van der Waals surface area contributed by atoms with Crippen molar-refractivity contribution in [2.45, 2.75) is 0 Å². The second-order valence-electron chi connectivity index (χ2n) is 5.72. The molecule has 6 nitrogen and oxygen atoms in total. The molecule has 0 aliphatic heterocycles. The second kappa shape index (κ2) is 7.86. The van der Waals surface area contributed by atoms with Crippen LogP contribution in [-0.4, -0.2) is 16.3 Å². The summed E-state index contributed by atoms with van der Waals surface area (Å²) in [5.41, 5.74) is 4.27. The summed E-state index contributed by atoms with van der Waals surface area (Å²) >= 11 is 8.14. The van der Waals surface area contributed by atoms with Crippen LogP contribution in [0.2, 0.25) is 0 Å². The van der Waals surface area contributed by atoms with E-state index in [1.165, 1.54) is 17.6 Å². The Kier molecular flexibility index (Phi) is 5.29. The molecular formula is C19H11Br2N3O3S. The van der Waals surface area contributed by atoms with Crippen LogP contribution in [0.25, 0.3) is 22.2 Å². The highest BCUT2D eigenvalue weighted by Crippen LogP contribution is 2.31. The number of phenols is 1. The summed E-state index contributed by atoms with van der Waals surface area (Å²) in [7, 11) is 0. The minimum atomic E-state index is -0.468. The van der Waals surface area contributed by atoms with E-state index in [2.05, 4.69) is 47.4 Å². The maximum absolute atomic E-state index is 12.4. The van der Waals surface area contributed by atoms with E-state index in [0.29, 0.717) is 32.0 Å². The quantitative estimate of drug-likeness (QED) is 0.208. The van der Waals surface area contributed by atoms with Crippen molar-refractivity contribution in [2.24, 2.45) is 5.10 Å². The molecule has 4 rings (SSSR count). The SMILES string of the molecule is O=c1oc2c(Br)cc(Br)cc2cc1-c1csc(NN=Cc2ccccc2O)n1. The third kappa shape index (κ3) is 3.87. The first-order valence-corrected chi connectivity index (χ1v) is 10.4. The first kappa shape index (κ1) is 18.9. The summed E-state index contributed by atoms with van der Waals surface area (Å²) in [5, 5.41) is 16.8. The van der Waals surface area contributed by atoms with Crippen molar-refractivity contribution in [3.05, 3.63) is 72.8 Å². The normalized spacial score (nSPS) is 11.4. The van der Waals surface area contributed by atoms with Crippen LogP contribution in [0.15, 0.2) is 71.1 Å². The Hall–Kier alpha value is -2.49. The predicted molar refractivity (Wildman–Crippen MR) is 118 cm³/mol. The lowest BCUT2D eigenvalue weighted by Crippen LogP contribution is -2.03. The van der Waals surface area contributed by atoms with Crippen molar-refractivity contribution < 1.29 is 9.52 Å². The van der Waals surface area contributed by atoms with Crippen LogP contribution < -0.4 is 11.1 Å². The number of nitrogens with zero attached hydrogens (tertiary/aromatic N) is 2. The summed E-state index contributed by atoms with van der Waals surface area (Å²) < 4.78 is 7.02. The van der Waals surface area contributed by atoms with Gasteiger partial charge in [-0.25, -0.2) is 9.78 Å². The molecule has 4 aromatic rings. The van der Waals surface area contributed by atoms with Gasteiger partial charge in [0.15, 0.2) is 5.58 Å². The van der Waals surface area contributed by atoms with Crippen LogP contribution in [0.3, 0.4) is 0 Å². The Morgan fingerprint density at radius 1 is 1.21 bits per heavy atom. The molecule has 0 atom stereocenters. The van der Waals surface area contributed by atoms with Crippen molar-refractivity contribution in [1.82, 2.24) is 4.98 Å². The van der Waals surface area contributed by atoms with Gasteiger partial charge in [0, 0.05) is 20.8 Å². The zero-order valence-electron chi connectivity index (χ0n) is 14.0. The highest BCUT2D eigenvalue weighted by Gasteiger charge is 2.13. The van der Waals surface area contributed by atoms with E-state index >= 15 is 0 Å². The zero-order chi connectivity index (χ0) is 19.7. The summed E-state index contributed by atoms with van der Waals surface area (Å²) in [6, 6.07) is 12.3. The number of fused-ring (bicyclic) bond motifs is 1. The summed E-state index contributed by atoms with van der Waals surface area (Å²) in [4.78, 5) is 16.8. The average Bonchev–Trinajstić information content (AvgIpc) is 3.12. The summed E-state index contributed by atoms with van der Waals surface area (Å²) in [6.45, 7) is 0. The van der Waals surface area contributed by atoms with Crippen LogP contribution in [0, 0.1) is 0 Å². The lowest BCUT2D eigenvalue weighted by atomic mass is 10.1. The predicted octanol–water partition coefficient (Wildman–Crippen LogP) is 5.59. The number of hydrogen-bond donors (Lipinski definition) is 2. The monoisotopic (exact) mass is 519 g/mol. The number of thiazole rings is 1. The number of benzene rings is 2. The maximum Gasteiger partial charge on any atom is 0.345 e. The van der Waals surface area contributed by atoms with E-state index in [0.717, 1.165) is 9.86 Å². The fourth-order valence-electron chi connectivity index (χ4n) is 2.54. The number of hydrogen-bond acceptors (Lipinski definition) is 7. The van der Waals surface area contributed by atoms with Crippen LogP contribution >= 0.6 is 43.2 Å². The number of phenolic OH excluding ortho intramolecular Hbond substituents is 1. The molecule has 0 unspecified atom stereocenters. The Bertz CT molecular complexity index is 1270. The molecule has 0 bridgehead atoms. The Balaban J connectivity index is 1.61. The number of rotatable bonds is 4. The molecule has 9 heteroatoms. The zero-order valence-corrected chi connectivity index (χ0v) is 18.0. The highest BCUT2D eigenvalue weighted by molar-refractivity contribution is 9.11. The molecule has 140 valence electrons. The van der Waals surface area contributed by atoms with E-state index < -0.39 is 5.63 Å². The molecule has 0 fully saturated rings. The van der Waals surface area contributed by atoms with E-state index in [9.17, 15) is 9.90 Å². The second-order valence-corrected chi connectivity index (χ2v) is 8.35. The van der Waals surface area contributed by atoms with Crippen molar-refractivity contribution in [3.63, 3.8) is 0 Å². The van der Waals surface area contributed by atoms with Gasteiger partial charge in [0.25, 0.3) is 0 Å². The van der Waals surface area contributed by atoms with E-state index in [1.54, 1.807) is 35.7 Å². The van der Waals surface area contributed by atoms with Gasteiger partial charge < -0.3 is 9.52 Å². The number of hydrazone groups is 1. The first-order chi connectivity index (χ1) is 13.5. The van der Waals surface area contributed by atoms with Gasteiger partial charge in [-0.15, -0.1) is 11.3 Å². The average molecular weight is 521 g/mol. The van der Waals surface area contributed by atoms with Gasteiger partial charge in [0.1, 0.15) is 5.75 Å². The first-order valence-electron chi connectivity index (χ1n) is 7.97. The third-order valence-corrected chi connectivity index (χ3v) is 5.63. The number of aromatic hydroxyl groups is 1. The topological polar surface area (TPSA) is 87.7 Å². The molecule has 2 N–H and O–H groups in total. The van der Waals surface area contributed by atoms with Crippen molar-refractivity contribution in [2.75, 3.05) is 5.43 Å². The maximum atomic E-state index is 12.4. The Labute approximate surface area is 179 Å². The number of aromatic nitrogens is 1. The molecule has 0 saturated carbocycles. The fourth-order valence-corrected chi connectivity index (χ4v) is 4.54. The molecule has 28 heavy (non-hydrogen) atoms. The molecule has 2 aromatic heterocycles. The van der Waals surface area contributed by atoms with Crippen LogP contribution in [0.4, 0.5) is 5.13 Å². The third-order valence-electron chi connectivity index (χ3n) is 3.83. The number of anilines is 1. The number of para-hydroxylation sites is 1. The molecule has 0 amide bonds. The summed E-state index contributed by atoms with van der Waals surface area (Å²) in [5.74, 6) is 0.138. The summed E-state index contributed by atoms with van der Waals surface area (Å²) in [6.07, 6.45) is 1.50. The molecule has 0 saturated heterocycles. The largest absolute Gasteiger partial charge is 0.507 e. The van der Waals surface area contributed by atoms with Gasteiger partial charge in [-0.1, -0.05) is 28.1 Å². The van der Waals surface area contributed by atoms with Gasteiger partial charge in [0.05, 0.1) is 21.9 Å². The lowest BCUT2D eigenvalue weighted by molar-refractivity contribution is 0.474. The number of halogens is 2. The van der Waals surface area contributed by atoms with Gasteiger partial charge in [-0.2, -0.15) is 5.10 Å². The van der Waals surface area contributed by atoms with E-state index in [4.69, 9.17) is 4.42 Å². The highest BCUT2D eigenvalue weighted by atomic mass is 79.9. The molecule has 2 heterocycles. The minimum Gasteiger partial charge on any atom is -0.507 e. The molecule has 0 aliphatic carbocycles. The minimum absolute atomic E-state index is 0.138. The van der Waals surface area contributed by atoms with Gasteiger partial charge in [-0.3, -0.25) is 5.43 Å². The number of nitrogens with one attached hydrogen (secondary N) is 1. The molecular weight excluding hydrogens is 510 g/mol.